The molecule has 0 amide bonds. The maximum atomic E-state index is 4.99. The van der Waals surface area contributed by atoms with Crippen LogP contribution in [0, 0.1) is 5.92 Å². The Morgan fingerprint density at radius 2 is 2.31 bits per heavy atom. The standard InChI is InChI=1S/C12H23N3O/c1-11(2)4-6-15-10-14-9-12(15)8-13-5-7-16-3/h9-11,13H,4-8H2,1-3H3. The molecule has 1 aromatic heterocycles. The molecule has 1 heterocycles. The number of aromatic nitrogens is 2. The molecule has 1 aromatic rings. The van der Waals surface area contributed by atoms with E-state index in [0.717, 1.165) is 32.2 Å². The van der Waals surface area contributed by atoms with Gasteiger partial charge in [0.15, 0.2) is 0 Å². The minimum atomic E-state index is 0.733. The molecule has 0 unspecified atom stereocenters. The lowest BCUT2D eigenvalue weighted by atomic mass is 10.1. The largest absolute Gasteiger partial charge is 0.383 e. The normalized spacial score (nSPS) is 11.2. The second-order valence-corrected chi connectivity index (χ2v) is 4.43. The summed E-state index contributed by atoms with van der Waals surface area (Å²) in [7, 11) is 1.72. The van der Waals surface area contributed by atoms with Crippen LogP contribution < -0.4 is 5.32 Å². The molecule has 4 nitrogen and oxygen atoms in total. The highest BCUT2D eigenvalue weighted by atomic mass is 16.5. The fourth-order valence-corrected chi connectivity index (χ4v) is 1.48. The van der Waals surface area contributed by atoms with Crippen LogP contribution in [0.4, 0.5) is 0 Å². The SMILES string of the molecule is COCCNCc1cncn1CCC(C)C. The molecule has 0 spiro atoms. The van der Waals surface area contributed by atoms with E-state index in [2.05, 4.69) is 28.7 Å². The third-order valence-electron chi connectivity index (χ3n) is 2.53. The van der Waals surface area contributed by atoms with Crippen LogP contribution in [0.1, 0.15) is 26.0 Å². The zero-order valence-corrected chi connectivity index (χ0v) is 10.6. The molecule has 0 saturated heterocycles. The molecular formula is C12H23N3O. The van der Waals surface area contributed by atoms with Gasteiger partial charge in [-0.25, -0.2) is 4.98 Å². The molecule has 0 atom stereocenters. The first-order chi connectivity index (χ1) is 7.74. The van der Waals surface area contributed by atoms with Gasteiger partial charge in [0.05, 0.1) is 18.6 Å². The van der Waals surface area contributed by atoms with Gasteiger partial charge in [-0.3, -0.25) is 0 Å². The topological polar surface area (TPSA) is 39.1 Å². The first-order valence-corrected chi connectivity index (χ1v) is 5.92. The molecule has 0 aliphatic carbocycles. The van der Waals surface area contributed by atoms with Crippen LogP contribution in [0.2, 0.25) is 0 Å². The fraction of sp³-hybridized carbons (Fsp3) is 0.750. The van der Waals surface area contributed by atoms with Gasteiger partial charge in [0.1, 0.15) is 0 Å². The van der Waals surface area contributed by atoms with E-state index in [1.54, 1.807) is 7.11 Å². The minimum Gasteiger partial charge on any atom is -0.383 e. The quantitative estimate of drug-likeness (QED) is 0.684. The van der Waals surface area contributed by atoms with Crippen molar-refractivity contribution in [2.45, 2.75) is 33.4 Å². The van der Waals surface area contributed by atoms with Crippen LogP contribution in [-0.4, -0.2) is 29.8 Å². The Bertz CT molecular complexity index is 284. The number of aryl methyl sites for hydroxylation is 1. The van der Waals surface area contributed by atoms with Crippen molar-refractivity contribution in [3.8, 4) is 0 Å². The number of imidazole rings is 1. The Balaban J connectivity index is 2.32. The number of hydrogen-bond donors (Lipinski definition) is 1. The molecule has 0 aromatic carbocycles. The predicted octanol–water partition coefficient (Wildman–Crippen LogP) is 1.67. The van der Waals surface area contributed by atoms with Gasteiger partial charge in [0.25, 0.3) is 0 Å². The zero-order chi connectivity index (χ0) is 11.8. The summed E-state index contributed by atoms with van der Waals surface area (Å²) in [4.78, 5) is 4.19. The summed E-state index contributed by atoms with van der Waals surface area (Å²) in [6.07, 6.45) is 5.04. The van der Waals surface area contributed by atoms with Crippen molar-refractivity contribution in [3.63, 3.8) is 0 Å². The Kier molecular flexibility index (Phi) is 6.11. The summed E-state index contributed by atoms with van der Waals surface area (Å²) in [5.74, 6) is 0.733. The van der Waals surface area contributed by atoms with Gasteiger partial charge >= 0.3 is 0 Å². The van der Waals surface area contributed by atoms with E-state index in [0.29, 0.717) is 0 Å². The minimum absolute atomic E-state index is 0.733. The highest BCUT2D eigenvalue weighted by Gasteiger charge is 2.02. The molecule has 92 valence electrons. The molecule has 16 heavy (non-hydrogen) atoms. The van der Waals surface area contributed by atoms with Crippen LogP contribution in [0.5, 0.6) is 0 Å². The number of ether oxygens (including phenoxy) is 1. The van der Waals surface area contributed by atoms with E-state index >= 15 is 0 Å². The summed E-state index contributed by atoms with van der Waals surface area (Å²) in [6.45, 7) is 8.04. The van der Waals surface area contributed by atoms with Crippen molar-refractivity contribution in [2.75, 3.05) is 20.3 Å². The van der Waals surface area contributed by atoms with Crippen molar-refractivity contribution < 1.29 is 4.74 Å². The van der Waals surface area contributed by atoms with Gasteiger partial charge < -0.3 is 14.6 Å². The van der Waals surface area contributed by atoms with E-state index < -0.39 is 0 Å². The summed E-state index contributed by atoms with van der Waals surface area (Å²) >= 11 is 0. The lowest BCUT2D eigenvalue weighted by Crippen LogP contribution is -2.20. The number of hydrogen-bond acceptors (Lipinski definition) is 3. The van der Waals surface area contributed by atoms with E-state index in [1.165, 1.54) is 12.1 Å². The van der Waals surface area contributed by atoms with E-state index in [4.69, 9.17) is 4.74 Å². The molecule has 0 aliphatic rings. The summed E-state index contributed by atoms with van der Waals surface area (Å²) in [5, 5.41) is 3.33. The highest BCUT2D eigenvalue weighted by Crippen LogP contribution is 2.05. The molecule has 0 saturated carbocycles. The van der Waals surface area contributed by atoms with E-state index in [1.807, 2.05) is 12.5 Å². The molecule has 0 bridgehead atoms. The summed E-state index contributed by atoms with van der Waals surface area (Å²) in [5.41, 5.74) is 1.25. The number of nitrogens with zero attached hydrogens (tertiary/aromatic N) is 2. The predicted molar refractivity (Wildman–Crippen MR) is 65.3 cm³/mol. The van der Waals surface area contributed by atoms with Crippen LogP contribution in [0.15, 0.2) is 12.5 Å². The van der Waals surface area contributed by atoms with Crippen LogP contribution in [0.25, 0.3) is 0 Å². The van der Waals surface area contributed by atoms with E-state index in [9.17, 15) is 0 Å². The third-order valence-corrected chi connectivity index (χ3v) is 2.53. The highest BCUT2D eigenvalue weighted by molar-refractivity contribution is 4.97. The van der Waals surface area contributed by atoms with Gasteiger partial charge in [0, 0.05) is 32.9 Å². The summed E-state index contributed by atoms with van der Waals surface area (Å²) in [6, 6.07) is 0. The van der Waals surface area contributed by atoms with Crippen molar-refractivity contribution in [2.24, 2.45) is 5.92 Å². The average Bonchev–Trinajstić information content (AvgIpc) is 2.69. The van der Waals surface area contributed by atoms with Gasteiger partial charge in [0.2, 0.25) is 0 Å². The number of methoxy groups -OCH3 is 1. The molecule has 0 aliphatic heterocycles. The zero-order valence-electron chi connectivity index (χ0n) is 10.6. The van der Waals surface area contributed by atoms with Crippen LogP contribution >= 0.6 is 0 Å². The molecule has 1 N–H and O–H groups in total. The molecule has 0 fully saturated rings. The molecule has 0 radical (unpaired) electrons. The first-order valence-electron chi connectivity index (χ1n) is 5.92. The second-order valence-electron chi connectivity index (χ2n) is 4.43. The summed E-state index contributed by atoms with van der Waals surface area (Å²) < 4.78 is 7.21. The van der Waals surface area contributed by atoms with Crippen molar-refractivity contribution in [3.05, 3.63) is 18.2 Å². The van der Waals surface area contributed by atoms with E-state index in [-0.39, 0.29) is 0 Å². The Labute approximate surface area is 98.0 Å². The fourth-order valence-electron chi connectivity index (χ4n) is 1.48. The number of rotatable bonds is 8. The monoisotopic (exact) mass is 225 g/mol. The second kappa shape index (κ2) is 7.41. The Morgan fingerprint density at radius 1 is 1.50 bits per heavy atom. The first kappa shape index (κ1) is 13.2. The third kappa shape index (κ3) is 4.77. The molecule has 4 heteroatoms. The molecular weight excluding hydrogens is 202 g/mol. The van der Waals surface area contributed by atoms with Crippen LogP contribution in [-0.2, 0) is 17.8 Å². The van der Waals surface area contributed by atoms with Gasteiger partial charge in [-0.2, -0.15) is 0 Å². The van der Waals surface area contributed by atoms with Gasteiger partial charge in [-0.15, -0.1) is 0 Å². The van der Waals surface area contributed by atoms with Crippen molar-refractivity contribution in [1.29, 1.82) is 0 Å². The number of nitrogens with one attached hydrogen (secondary N) is 1. The Morgan fingerprint density at radius 3 is 3.00 bits per heavy atom. The van der Waals surface area contributed by atoms with Crippen LogP contribution in [0.3, 0.4) is 0 Å². The lowest BCUT2D eigenvalue weighted by molar-refractivity contribution is 0.199. The van der Waals surface area contributed by atoms with Crippen molar-refractivity contribution in [1.82, 2.24) is 14.9 Å². The van der Waals surface area contributed by atoms with Gasteiger partial charge in [-0.1, -0.05) is 13.8 Å². The van der Waals surface area contributed by atoms with Crippen molar-refractivity contribution >= 4 is 0 Å². The van der Waals surface area contributed by atoms with Gasteiger partial charge in [-0.05, 0) is 12.3 Å². The maximum absolute atomic E-state index is 4.99. The molecule has 1 rings (SSSR count). The lowest BCUT2D eigenvalue weighted by Gasteiger charge is -2.10. The Hall–Kier alpha value is -0.870. The average molecular weight is 225 g/mol. The smallest absolute Gasteiger partial charge is 0.0948 e. The maximum Gasteiger partial charge on any atom is 0.0948 e.